The van der Waals surface area contributed by atoms with Crippen molar-refractivity contribution < 1.29 is 9.90 Å². The first-order chi connectivity index (χ1) is 9.50. The Balaban J connectivity index is 0.00000220. The summed E-state index contributed by atoms with van der Waals surface area (Å²) in [4.78, 5) is 12.2. The molecule has 1 amide bonds. The topological polar surface area (TPSA) is 75.4 Å². The van der Waals surface area contributed by atoms with E-state index >= 15 is 0 Å². The fourth-order valence-corrected chi connectivity index (χ4v) is 2.90. The van der Waals surface area contributed by atoms with E-state index in [2.05, 4.69) is 5.32 Å². The van der Waals surface area contributed by atoms with E-state index in [1.165, 1.54) is 0 Å². The Bertz CT molecular complexity index is 451. The van der Waals surface area contributed by atoms with E-state index in [-0.39, 0.29) is 30.8 Å². The molecule has 0 radical (unpaired) electrons. The van der Waals surface area contributed by atoms with Crippen molar-refractivity contribution >= 4 is 18.3 Å². The molecular formula is C16H25ClN2O2. The summed E-state index contributed by atoms with van der Waals surface area (Å²) < 4.78 is 0. The summed E-state index contributed by atoms with van der Waals surface area (Å²) in [6.07, 6.45) is 3.18. The minimum Gasteiger partial charge on any atom is -0.387 e. The molecule has 1 aliphatic carbocycles. The molecule has 5 heteroatoms. The molecule has 118 valence electrons. The monoisotopic (exact) mass is 312 g/mol. The molecule has 1 aromatic carbocycles. The van der Waals surface area contributed by atoms with E-state index in [9.17, 15) is 9.90 Å². The molecule has 0 heterocycles. The number of rotatable bonds is 4. The highest BCUT2D eigenvalue weighted by atomic mass is 35.5. The summed E-state index contributed by atoms with van der Waals surface area (Å²) in [6, 6.07) is 9.35. The van der Waals surface area contributed by atoms with Gasteiger partial charge in [-0.1, -0.05) is 43.2 Å². The highest BCUT2D eigenvalue weighted by Gasteiger charge is 2.37. The normalized spacial score (nSPS) is 26.5. The van der Waals surface area contributed by atoms with Crippen LogP contribution < -0.4 is 11.1 Å². The number of carbonyl (C=O) groups is 1. The van der Waals surface area contributed by atoms with E-state index in [1.807, 2.05) is 37.3 Å². The molecule has 4 N–H and O–H groups in total. The summed E-state index contributed by atoms with van der Waals surface area (Å²) in [5.74, 6) is -0.191. The smallest absolute Gasteiger partial charge is 0.225 e. The van der Waals surface area contributed by atoms with Gasteiger partial charge in [-0.25, -0.2) is 0 Å². The lowest BCUT2D eigenvalue weighted by molar-refractivity contribution is -0.128. The number of amides is 1. The molecular weight excluding hydrogens is 288 g/mol. The van der Waals surface area contributed by atoms with Crippen LogP contribution in [0.2, 0.25) is 0 Å². The van der Waals surface area contributed by atoms with Crippen LogP contribution in [-0.2, 0) is 4.79 Å². The Hall–Kier alpha value is -1.10. The van der Waals surface area contributed by atoms with Gasteiger partial charge in [0, 0.05) is 12.1 Å². The van der Waals surface area contributed by atoms with Gasteiger partial charge in [0.15, 0.2) is 0 Å². The second-order valence-corrected chi connectivity index (χ2v) is 5.98. The van der Waals surface area contributed by atoms with Crippen LogP contribution in [0.5, 0.6) is 0 Å². The maximum Gasteiger partial charge on any atom is 0.225 e. The van der Waals surface area contributed by atoms with Crippen LogP contribution in [0.15, 0.2) is 30.3 Å². The van der Waals surface area contributed by atoms with Gasteiger partial charge in [-0.2, -0.15) is 0 Å². The summed E-state index contributed by atoms with van der Waals surface area (Å²) in [5.41, 5.74) is 6.60. The van der Waals surface area contributed by atoms with Crippen LogP contribution in [0, 0.1) is 5.92 Å². The minimum atomic E-state index is -0.673. The number of aliphatic hydroxyl groups is 1. The van der Waals surface area contributed by atoms with Crippen LogP contribution in [0.25, 0.3) is 0 Å². The number of carbonyl (C=O) groups excluding carboxylic acids is 1. The lowest BCUT2D eigenvalue weighted by Crippen LogP contribution is -2.53. The Kier molecular flexibility index (Phi) is 6.65. The highest BCUT2D eigenvalue weighted by molar-refractivity contribution is 5.85. The minimum absolute atomic E-state index is 0. The zero-order valence-corrected chi connectivity index (χ0v) is 13.2. The van der Waals surface area contributed by atoms with Crippen molar-refractivity contribution in [1.29, 1.82) is 0 Å². The maximum absolute atomic E-state index is 12.2. The highest BCUT2D eigenvalue weighted by Crippen LogP contribution is 2.31. The van der Waals surface area contributed by atoms with Gasteiger partial charge < -0.3 is 16.2 Å². The van der Waals surface area contributed by atoms with Gasteiger partial charge in [-0.15, -0.1) is 12.4 Å². The van der Waals surface area contributed by atoms with Gasteiger partial charge in [-0.05, 0) is 25.3 Å². The van der Waals surface area contributed by atoms with Crippen molar-refractivity contribution in [2.24, 2.45) is 11.7 Å². The van der Waals surface area contributed by atoms with Crippen LogP contribution in [-0.4, -0.2) is 23.1 Å². The molecule has 3 unspecified atom stereocenters. The van der Waals surface area contributed by atoms with Gasteiger partial charge in [0.2, 0.25) is 5.91 Å². The molecule has 1 saturated carbocycles. The number of nitrogens with one attached hydrogen (secondary N) is 1. The molecule has 21 heavy (non-hydrogen) atoms. The SMILES string of the molecule is CC1(N)CCCCC1C(=O)NCC(O)c1ccccc1.Cl. The number of nitrogens with two attached hydrogens (primary N) is 1. The predicted molar refractivity (Wildman–Crippen MR) is 86.2 cm³/mol. The summed E-state index contributed by atoms with van der Waals surface area (Å²) in [6.45, 7) is 2.18. The molecule has 0 saturated heterocycles. The van der Waals surface area contributed by atoms with Crippen LogP contribution in [0.3, 0.4) is 0 Å². The largest absolute Gasteiger partial charge is 0.387 e. The summed E-state index contributed by atoms with van der Waals surface area (Å²) >= 11 is 0. The van der Waals surface area contributed by atoms with Gasteiger partial charge in [0.1, 0.15) is 0 Å². The van der Waals surface area contributed by atoms with Crippen molar-refractivity contribution in [3.63, 3.8) is 0 Å². The molecule has 0 aliphatic heterocycles. The first-order valence-corrected chi connectivity index (χ1v) is 7.30. The van der Waals surface area contributed by atoms with Crippen molar-refractivity contribution in [3.8, 4) is 0 Å². The Morgan fingerprint density at radius 2 is 2.10 bits per heavy atom. The summed E-state index contributed by atoms with van der Waals surface area (Å²) in [5, 5.41) is 12.9. The molecule has 0 bridgehead atoms. The van der Waals surface area contributed by atoms with Crippen LogP contribution in [0.4, 0.5) is 0 Å². The molecule has 1 aromatic rings. The molecule has 3 atom stereocenters. The first-order valence-electron chi connectivity index (χ1n) is 7.30. The average Bonchev–Trinajstić information content (AvgIpc) is 2.45. The van der Waals surface area contributed by atoms with E-state index in [1.54, 1.807) is 0 Å². The number of halogens is 1. The number of hydrogen-bond acceptors (Lipinski definition) is 3. The van der Waals surface area contributed by atoms with Crippen LogP contribution in [0.1, 0.15) is 44.3 Å². The third kappa shape index (κ3) is 4.70. The van der Waals surface area contributed by atoms with Crippen LogP contribution >= 0.6 is 12.4 Å². The standard InChI is InChI=1S/C16H24N2O2.ClH/c1-16(17)10-6-5-9-13(16)15(20)18-11-14(19)12-7-3-2-4-8-12;/h2-4,7-8,13-14,19H,5-6,9-11,17H2,1H3,(H,18,20);1H. The molecule has 0 spiro atoms. The molecule has 0 aromatic heterocycles. The molecule has 1 fully saturated rings. The Morgan fingerprint density at radius 3 is 2.71 bits per heavy atom. The first kappa shape index (κ1) is 18.0. The lowest BCUT2D eigenvalue weighted by Gasteiger charge is -2.37. The van der Waals surface area contributed by atoms with Crippen molar-refractivity contribution in [3.05, 3.63) is 35.9 Å². The van der Waals surface area contributed by atoms with Gasteiger partial charge in [-0.3, -0.25) is 4.79 Å². The maximum atomic E-state index is 12.2. The average molecular weight is 313 g/mol. The second-order valence-electron chi connectivity index (χ2n) is 5.98. The van der Waals surface area contributed by atoms with Crippen molar-refractivity contribution in [2.45, 2.75) is 44.2 Å². The van der Waals surface area contributed by atoms with E-state index in [0.717, 1.165) is 31.2 Å². The van der Waals surface area contributed by atoms with Crippen molar-refractivity contribution in [1.82, 2.24) is 5.32 Å². The second kappa shape index (κ2) is 7.78. The fraction of sp³-hybridized carbons (Fsp3) is 0.562. The third-order valence-corrected chi connectivity index (χ3v) is 4.22. The Morgan fingerprint density at radius 1 is 1.43 bits per heavy atom. The Labute approximate surface area is 132 Å². The van der Waals surface area contributed by atoms with E-state index < -0.39 is 11.6 Å². The lowest BCUT2D eigenvalue weighted by atomic mass is 9.74. The van der Waals surface area contributed by atoms with Gasteiger partial charge in [0.05, 0.1) is 12.0 Å². The molecule has 2 rings (SSSR count). The van der Waals surface area contributed by atoms with Crippen molar-refractivity contribution in [2.75, 3.05) is 6.54 Å². The molecule has 4 nitrogen and oxygen atoms in total. The zero-order chi connectivity index (χ0) is 14.6. The fourth-order valence-electron chi connectivity index (χ4n) is 2.90. The predicted octanol–water partition coefficient (Wildman–Crippen LogP) is 2.17. The van der Waals surface area contributed by atoms with Gasteiger partial charge >= 0.3 is 0 Å². The van der Waals surface area contributed by atoms with Gasteiger partial charge in [0.25, 0.3) is 0 Å². The number of benzene rings is 1. The summed E-state index contributed by atoms with van der Waals surface area (Å²) in [7, 11) is 0. The number of hydrogen-bond donors (Lipinski definition) is 3. The zero-order valence-electron chi connectivity index (χ0n) is 12.4. The van der Waals surface area contributed by atoms with E-state index in [4.69, 9.17) is 5.73 Å². The quantitative estimate of drug-likeness (QED) is 0.797. The number of aliphatic hydroxyl groups excluding tert-OH is 1. The molecule has 1 aliphatic rings. The van der Waals surface area contributed by atoms with E-state index in [0.29, 0.717) is 0 Å². The third-order valence-electron chi connectivity index (χ3n) is 4.22.